The molecule has 10 heteroatoms. The van der Waals surface area contributed by atoms with Crippen molar-refractivity contribution in [2.24, 2.45) is 0 Å². The molecule has 0 aliphatic heterocycles. The molecule has 1 amide bonds. The maximum Gasteiger partial charge on any atom is 0.225 e. The zero-order valence-corrected chi connectivity index (χ0v) is 16.0. The van der Waals surface area contributed by atoms with Gasteiger partial charge < -0.3 is 0 Å². The first-order valence-electron chi connectivity index (χ1n) is 7.04. The van der Waals surface area contributed by atoms with E-state index in [1.165, 1.54) is 30.0 Å². The van der Waals surface area contributed by atoms with Crippen LogP contribution >= 0.6 is 46.3 Å². The van der Waals surface area contributed by atoms with Crippen LogP contribution in [0.1, 0.15) is 19.5 Å². The molecule has 0 aromatic carbocycles. The molecule has 0 fully saturated rings. The molecule has 126 valence electrons. The number of aromatic nitrogens is 4. The average Bonchev–Trinajstić information content (AvgIpc) is 3.13. The molecule has 3 heterocycles. The van der Waals surface area contributed by atoms with E-state index in [9.17, 15) is 4.79 Å². The van der Waals surface area contributed by atoms with E-state index in [0.29, 0.717) is 38.3 Å². The van der Waals surface area contributed by atoms with E-state index in [1.54, 1.807) is 21.6 Å². The maximum absolute atomic E-state index is 11.6. The predicted molar refractivity (Wildman–Crippen MR) is 98.4 cm³/mol. The molecule has 0 radical (unpaired) electrons. The number of rotatable bonds is 5. The highest BCUT2D eigenvalue weighted by molar-refractivity contribution is 7.98. The van der Waals surface area contributed by atoms with Crippen LogP contribution in [0.2, 0.25) is 10.0 Å². The van der Waals surface area contributed by atoms with E-state index >= 15 is 0 Å². The highest BCUT2D eigenvalue weighted by Crippen LogP contribution is 2.29. The zero-order chi connectivity index (χ0) is 17.3. The molecular formula is C14H13Cl2N5OS2. The van der Waals surface area contributed by atoms with E-state index in [4.69, 9.17) is 23.2 Å². The summed E-state index contributed by atoms with van der Waals surface area (Å²) in [6.45, 7) is 4.06. The molecule has 3 rings (SSSR count). The Balaban J connectivity index is 1.77. The number of hydrogen-bond acceptors (Lipinski definition) is 6. The fourth-order valence-electron chi connectivity index (χ4n) is 2.12. The van der Waals surface area contributed by atoms with Crippen LogP contribution in [0.4, 0.5) is 5.13 Å². The summed E-state index contributed by atoms with van der Waals surface area (Å²) in [5.74, 6) is 0.593. The van der Waals surface area contributed by atoms with Crippen molar-refractivity contribution in [3.63, 3.8) is 0 Å². The fourth-order valence-corrected chi connectivity index (χ4v) is 4.47. The monoisotopic (exact) mass is 401 g/mol. The molecule has 0 aliphatic carbocycles. The summed E-state index contributed by atoms with van der Waals surface area (Å²) in [6.07, 6.45) is 1.73. The normalized spacial score (nSPS) is 11.2. The molecule has 0 spiro atoms. The Morgan fingerprint density at radius 2 is 2.21 bits per heavy atom. The first-order valence-corrected chi connectivity index (χ1v) is 9.66. The van der Waals surface area contributed by atoms with Gasteiger partial charge in [0.25, 0.3) is 0 Å². The molecule has 6 nitrogen and oxygen atoms in total. The summed E-state index contributed by atoms with van der Waals surface area (Å²) >= 11 is 15.1. The second-order valence-electron chi connectivity index (χ2n) is 4.86. The fraction of sp³-hybridized carbons (Fsp3) is 0.286. The Bertz CT molecular complexity index is 895. The first kappa shape index (κ1) is 17.5. The molecule has 0 unspecified atom stereocenters. The van der Waals surface area contributed by atoms with Gasteiger partial charge in [-0.2, -0.15) is 0 Å². The highest BCUT2D eigenvalue weighted by Gasteiger charge is 2.15. The van der Waals surface area contributed by atoms with Crippen LogP contribution in [0, 0.1) is 0 Å². The van der Waals surface area contributed by atoms with Crippen LogP contribution in [0.5, 0.6) is 0 Å². The van der Waals surface area contributed by atoms with Gasteiger partial charge in [-0.3, -0.25) is 14.1 Å². The second kappa shape index (κ2) is 7.26. The van der Waals surface area contributed by atoms with Gasteiger partial charge in [0.05, 0.1) is 15.7 Å². The van der Waals surface area contributed by atoms with E-state index < -0.39 is 0 Å². The predicted octanol–water partition coefficient (Wildman–Crippen LogP) is 4.16. The third-order valence-corrected chi connectivity index (χ3v) is 5.59. The second-order valence-corrected chi connectivity index (χ2v) is 7.48. The number of thiazole rings is 1. The first-order chi connectivity index (χ1) is 11.5. The summed E-state index contributed by atoms with van der Waals surface area (Å²) in [5.41, 5.74) is 1.45. The molecular weight excluding hydrogens is 389 g/mol. The van der Waals surface area contributed by atoms with Crippen molar-refractivity contribution in [2.45, 2.75) is 24.8 Å². The van der Waals surface area contributed by atoms with Gasteiger partial charge in [-0.1, -0.05) is 35.0 Å². The molecule has 3 aromatic heterocycles. The lowest BCUT2D eigenvalue weighted by molar-refractivity contribution is -0.116. The minimum absolute atomic E-state index is 0.0150. The van der Waals surface area contributed by atoms with Crippen molar-refractivity contribution in [2.75, 3.05) is 11.4 Å². The standard InChI is InChI=1S/C14H13Cl2N5OS2/c1-3-20(8(2)22)13-17-10(6-23-13)7-24-14-19-18-12-11(16)4-9(15)5-21(12)14/h4-6H,3,7H2,1-2H3. The smallest absolute Gasteiger partial charge is 0.225 e. The number of anilines is 1. The number of hydrogen-bond donors (Lipinski definition) is 0. The number of amides is 1. The van der Waals surface area contributed by atoms with Gasteiger partial charge in [-0.05, 0) is 13.0 Å². The van der Waals surface area contributed by atoms with Crippen LogP contribution in [0.3, 0.4) is 0 Å². The Kier molecular flexibility index (Phi) is 5.29. The molecule has 0 aliphatic rings. The third-order valence-electron chi connectivity index (χ3n) is 3.21. The maximum atomic E-state index is 11.6. The summed E-state index contributed by atoms with van der Waals surface area (Å²) in [4.78, 5) is 17.7. The number of carbonyl (C=O) groups excluding carboxylic acids is 1. The number of carbonyl (C=O) groups is 1. The highest BCUT2D eigenvalue weighted by atomic mass is 35.5. The minimum Gasteiger partial charge on any atom is -0.289 e. The number of thioether (sulfide) groups is 1. The van der Waals surface area contributed by atoms with Crippen LogP contribution in [-0.4, -0.2) is 32.0 Å². The van der Waals surface area contributed by atoms with E-state index in [2.05, 4.69) is 15.2 Å². The van der Waals surface area contributed by atoms with Crippen molar-refractivity contribution < 1.29 is 4.79 Å². The van der Waals surface area contributed by atoms with Crippen molar-refractivity contribution >= 4 is 63.0 Å². The van der Waals surface area contributed by atoms with Gasteiger partial charge >= 0.3 is 0 Å². The van der Waals surface area contributed by atoms with Gasteiger partial charge in [0, 0.05) is 30.8 Å². The SMILES string of the molecule is CCN(C(C)=O)c1nc(CSc2nnc3c(Cl)cc(Cl)cn23)cs1. The molecule has 0 saturated carbocycles. The van der Waals surface area contributed by atoms with Crippen LogP contribution in [-0.2, 0) is 10.5 Å². The number of nitrogens with zero attached hydrogens (tertiary/aromatic N) is 5. The molecule has 0 atom stereocenters. The topological polar surface area (TPSA) is 63.4 Å². The number of pyridine rings is 1. The van der Waals surface area contributed by atoms with Crippen molar-refractivity contribution in [1.29, 1.82) is 0 Å². The molecule has 3 aromatic rings. The minimum atomic E-state index is -0.0150. The van der Waals surface area contributed by atoms with Crippen molar-refractivity contribution in [3.05, 3.63) is 33.4 Å². The summed E-state index contributed by atoms with van der Waals surface area (Å²) in [6, 6.07) is 1.63. The van der Waals surface area contributed by atoms with Crippen molar-refractivity contribution in [1.82, 2.24) is 19.6 Å². The molecule has 0 saturated heterocycles. The Labute approximate surface area is 156 Å². The Morgan fingerprint density at radius 3 is 2.92 bits per heavy atom. The lowest BCUT2D eigenvalue weighted by Gasteiger charge is -2.14. The van der Waals surface area contributed by atoms with Gasteiger partial charge in [0.15, 0.2) is 15.9 Å². The van der Waals surface area contributed by atoms with Crippen LogP contribution in [0.15, 0.2) is 22.8 Å². The Hall–Kier alpha value is -1.35. The van der Waals surface area contributed by atoms with Crippen LogP contribution < -0.4 is 4.90 Å². The lowest BCUT2D eigenvalue weighted by Crippen LogP contribution is -2.27. The zero-order valence-electron chi connectivity index (χ0n) is 12.9. The lowest BCUT2D eigenvalue weighted by atomic mass is 10.5. The van der Waals surface area contributed by atoms with Gasteiger partial charge in [0.2, 0.25) is 5.91 Å². The Morgan fingerprint density at radius 1 is 1.42 bits per heavy atom. The quantitative estimate of drug-likeness (QED) is 0.600. The van der Waals surface area contributed by atoms with Gasteiger partial charge in [-0.15, -0.1) is 21.5 Å². The molecule has 0 bridgehead atoms. The van der Waals surface area contributed by atoms with Crippen molar-refractivity contribution in [3.8, 4) is 0 Å². The van der Waals surface area contributed by atoms with Gasteiger partial charge in [-0.25, -0.2) is 4.98 Å². The summed E-state index contributed by atoms with van der Waals surface area (Å²) < 4.78 is 1.76. The molecule has 0 N–H and O–H groups in total. The van der Waals surface area contributed by atoms with Crippen LogP contribution in [0.25, 0.3) is 5.65 Å². The summed E-state index contributed by atoms with van der Waals surface area (Å²) in [5, 5.41) is 12.5. The number of fused-ring (bicyclic) bond motifs is 1. The van der Waals surface area contributed by atoms with E-state index in [0.717, 1.165) is 5.69 Å². The largest absolute Gasteiger partial charge is 0.289 e. The average molecular weight is 402 g/mol. The van der Waals surface area contributed by atoms with E-state index in [1.807, 2.05) is 12.3 Å². The number of halogens is 2. The van der Waals surface area contributed by atoms with Gasteiger partial charge in [0.1, 0.15) is 0 Å². The summed E-state index contributed by atoms with van der Waals surface area (Å²) in [7, 11) is 0. The third kappa shape index (κ3) is 3.51. The van der Waals surface area contributed by atoms with E-state index in [-0.39, 0.29) is 5.91 Å². The molecule has 24 heavy (non-hydrogen) atoms.